The van der Waals surface area contributed by atoms with E-state index >= 15 is 0 Å². The Kier molecular flexibility index (Phi) is 3.46. The standard InChI is InChI=1S/C10H12ClNO/c1-7-2-3-9(11)8(6-7)10(13)4-5-12/h2-3,6H,4-5,12H2,1H3. The summed E-state index contributed by atoms with van der Waals surface area (Å²) in [6.45, 7) is 2.29. The van der Waals surface area contributed by atoms with Gasteiger partial charge in [0, 0.05) is 12.0 Å². The molecular weight excluding hydrogens is 186 g/mol. The summed E-state index contributed by atoms with van der Waals surface area (Å²) >= 11 is 5.87. The van der Waals surface area contributed by atoms with E-state index in [-0.39, 0.29) is 5.78 Å². The number of ketones is 1. The lowest BCUT2D eigenvalue weighted by atomic mass is 10.1. The maximum Gasteiger partial charge on any atom is 0.165 e. The molecule has 0 fully saturated rings. The smallest absolute Gasteiger partial charge is 0.165 e. The molecule has 0 spiro atoms. The topological polar surface area (TPSA) is 43.1 Å². The molecule has 0 heterocycles. The molecule has 0 unspecified atom stereocenters. The third-order valence-corrected chi connectivity index (χ3v) is 2.12. The zero-order valence-electron chi connectivity index (χ0n) is 7.51. The van der Waals surface area contributed by atoms with Crippen molar-refractivity contribution in [1.82, 2.24) is 0 Å². The SMILES string of the molecule is Cc1ccc(Cl)c(C(=O)CCN)c1. The Bertz CT molecular complexity index is 323. The average Bonchev–Trinajstić information content (AvgIpc) is 2.09. The highest BCUT2D eigenvalue weighted by atomic mass is 35.5. The van der Waals surface area contributed by atoms with Gasteiger partial charge in [0.25, 0.3) is 0 Å². The summed E-state index contributed by atoms with van der Waals surface area (Å²) in [5.74, 6) is 0.0104. The number of carbonyl (C=O) groups is 1. The second kappa shape index (κ2) is 4.40. The Morgan fingerprint density at radius 1 is 1.54 bits per heavy atom. The Labute approximate surface area is 82.7 Å². The first-order valence-electron chi connectivity index (χ1n) is 4.14. The molecule has 1 aromatic carbocycles. The van der Waals surface area contributed by atoms with Crippen LogP contribution in [0.4, 0.5) is 0 Å². The first kappa shape index (κ1) is 10.2. The molecule has 0 atom stereocenters. The minimum absolute atomic E-state index is 0.0104. The van der Waals surface area contributed by atoms with Crippen molar-refractivity contribution >= 4 is 17.4 Å². The van der Waals surface area contributed by atoms with Crippen LogP contribution in [-0.4, -0.2) is 12.3 Å². The van der Waals surface area contributed by atoms with Crippen molar-refractivity contribution in [2.75, 3.05) is 6.54 Å². The molecule has 0 bridgehead atoms. The van der Waals surface area contributed by atoms with Crippen LogP contribution in [0.1, 0.15) is 22.3 Å². The molecule has 0 aliphatic carbocycles. The first-order chi connectivity index (χ1) is 6.15. The van der Waals surface area contributed by atoms with Crippen LogP contribution >= 0.6 is 11.6 Å². The fourth-order valence-electron chi connectivity index (χ4n) is 1.12. The maximum absolute atomic E-state index is 11.5. The van der Waals surface area contributed by atoms with E-state index in [1.165, 1.54) is 0 Å². The van der Waals surface area contributed by atoms with Crippen LogP contribution in [0.15, 0.2) is 18.2 Å². The molecule has 2 N–H and O–H groups in total. The zero-order valence-corrected chi connectivity index (χ0v) is 8.27. The van der Waals surface area contributed by atoms with Crippen molar-refractivity contribution in [2.24, 2.45) is 5.73 Å². The zero-order chi connectivity index (χ0) is 9.84. The van der Waals surface area contributed by atoms with Crippen LogP contribution in [-0.2, 0) is 0 Å². The molecule has 3 heteroatoms. The monoisotopic (exact) mass is 197 g/mol. The van der Waals surface area contributed by atoms with E-state index in [1.807, 2.05) is 13.0 Å². The van der Waals surface area contributed by atoms with Crippen LogP contribution in [0.5, 0.6) is 0 Å². The number of nitrogens with two attached hydrogens (primary N) is 1. The largest absolute Gasteiger partial charge is 0.330 e. The van der Waals surface area contributed by atoms with E-state index < -0.39 is 0 Å². The van der Waals surface area contributed by atoms with Gasteiger partial charge in [-0.15, -0.1) is 0 Å². The summed E-state index contributed by atoms with van der Waals surface area (Å²) in [6, 6.07) is 5.41. The van der Waals surface area contributed by atoms with Gasteiger partial charge in [0.15, 0.2) is 5.78 Å². The summed E-state index contributed by atoms with van der Waals surface area (Å²) in [7, 11) is 0. The fraction of sp³-hybridized carbons (Fsp3) is 0.300. The third-order valence-electron chi connectivity index (χ3n) is 1.79. The Morgan fingerprint density at radius 3 is 2.85 bits per heavy atom. The van der Waals surface area contributed by atoms with E-state index in [9.17, 15) is 4.79 Å². The molecule has 1 aromatic rings. The number of Topliss-reactive ketones (excluding diaryl/α,β-unsaturated/α-hetero) is 1. The predicted molar refractivity (Wildman–Crippen MR) is 54.2 cm³/mol. The second-order valence-corrected chi connectivity index (χ2v) is 3.35. The predicted octanol–water partition coefficient (Wildman–Crippen LogP) is 2.18. The van der Waals surface area contributed by atoms with Crippen LogP contribution in [0, 0.1) is 6.92 Å². The maximum atomic E-state index is 11.5. The van der Waals surface area contributed by atoms with Crippen molar-refractivity contribution < 1.29 is 4.79 Å². The summed E-state index contributed by atoms with van der Waals surface area (Å²) in [6.07, 6.45) is 0.350. The van der Waals surface area contributed by atoms with E-state index in [0.717, 1.165) is 5.56 Å². The van der Waals surface area contributed by atoms with Gasteiger partial charge < -0.3 is 5.73 Å². The summed E-state index contributed by atoms with van der Waals surface area (Å²) in [5.41, 5.74) is 6.90. The van der Waals surface area contributed by atoms with Crippen LogP contribution < -0.4 is 5.73 Å². The van der Waals surface area contributed by atoms with Gasteiger partial charge in [-0.2, -0.15) is 0 Å². The van der Waals surface area contributed by atoms with Crippen molar-refractivity contribution in [1.29, 1.82) is 0 Å². The first-order valence-corrected chi connectivity index (χ1v) is 4.52. The molecule has 0 amide bonds. The minimum atomic E-state index is 0.0104. The number of hydrogen-bond acceptors (Lipinski definition) is 2. The van der Waals surface area contributed by atoms with E-state index in [2.05, 4.69) is 0 Å². The lowest BCUT2D eigenvalue weighted by Crippen LogP contribution is -2.08. The number of aryl methyl sites for hydroxylation is 1. The Balaban J connectivity index is 2.99. The number of benzene rings is 1. The molecule has 2 nitrogen and oxygen atoms in total. The van der Waals surface area contributed by atoms with Gasteiger partial charge in [0.05, 0.1) is 5.02 Å². The van der Waals surface area contributed by atoms with Crippen molar-refractivity contribution in [2.45, 2.75) is 13.3 Å². The average molecular weight is 198 g/mol. The summed E-state index contributed by atoms with van der Waals surface area (Å²) < 4.78 is 0. The van der Waals surface area contributed by atoms with Gasteiger partial charge >= 0.3 is 0 Å². The highest BCUT2D eigenvalue weighted by Crippen LogP contribution is 2.18. The molecule has 70 valence electrons. The quantitative estimate of drug-likeness (QED) is 0.755. The molecule has 1 rings (SSSR count). The van der Waals surface area contributed by atoms with E-state index in [4.69, 9.17) is 17.3 Å². The van der Waals surface area contributed by atoms with Crippen molar-refractivity contribution in [3.05, 3.63) is 34.3 Å². The van der Waals surface area contributed by atoms with Crippen LogP contribution in [0.3, 0.4) is 0 Å². The molecule has 0 aromatic heterocycles. The highest BCUT2D eigenvalue weighted by Gasteiger charge is 2.08. The van der Waals surface area contributed by atoms with Crippen molar-refractivity contribution in [3.63, 3.8) is 0 Å². The number of carbonyl (C=O) groups excluding carboxylic acids is 1. The normalized spacial score (nSPS) is 10.1. The van der Waals surface area contributed by atoms with E-state index in [0.29, 0.717) is 23.6 Å². The molecule has 0 saturated heterocycles. The third kappa shape index (κ3) is 2.54. The molecule has 0 aliphatic heterocycles. The molecule has 13 heavy (non-hydrogen) atoms. The lowest BCUT2D eigenvalue weighted by molar-refractivity contribution is 0.0985. The molecule has 0 aliphatic rings. The van der Waals surface area contributed by atoms with Gasteiger partial charge in [0.1, 0.15) is 0 Å². The molecule has 0 radical (unpaired) electrons. The number of halogens is 1. The minimum Gasteiger partial charge on any atom is -0.330 e. The Hall–Kier alpha value is -0.860. The van der Waals surface area contributed by atoms with Gasteiger partial charge in [-0.25, -0.2) is 0 Å². The molecule has 0 saturated carbocycles. The Morgan fingerprint density at radius 2 is 2.23 bits per heavy atom. The van der Waals surface area contributed by atoms with Crippen LogP contribution in [0.25, 0.3) is 0 Å². The summed E-state index contributed by atoms with van der Waals surface area (Å²) in [4.78, 5) is 11.5. The fourth-order valence-corrected chi connectivity index (χ4v) is 1.34. The van der Waals surface area contributed by atoms with Crippen LogP contribution in [0.2, 0.25) is 5.02 Å². The lowest BCUT2D eigenvalue weighted by Gasteiger charge is -2.03. The van der Waals surface area contributed by atoms with Gasteiger partial charge in [0.2, 0.25) is 0 Å². The summed E-state index contributed by atoms with van der Waals surface area (Å²) in [5, 5.41) is 0.504. The second-order valence-electron chi connectivity index (χ2n) is 2.95. The number of hydrogen-bond donors (Lipinski definition) is 1. The van der Waals surface area contributed by atoms with Gasteiger partial charge in [-0.1, -0.05) is 23.2 Å². The highest BCUT2D eigenvalue weighted by molar-refractivity contribution is 6.34. The van der Waals surface area contributed by atoms with E-state index in [1.54, 1.807) is 12.1 Å². The van der Waals surface area contributed by atoms with Gasteiger partial charge in [-0.3, -0.25) is 4.79 Å². The number of rotatable bonds is 3. The molecular formula is C10H12ClNO. The van der Waals surface area contributed by atoms with Gasteiger partial charge in [-0.05, 0) is 25.6 Å². The van der Waals surface area contributed by atoms with Crippen molar-refractivity contribution in [3.8, 4) is 0 Å².